The fourth-order valence-corrected chi connectivity index (χ4v) is 3.22. The summed E-state index contributed by atoms with van der Waals surface area (Å²) in [6, 6.07) is 12.0. The first-order valence-electron chi connectivity index (χ1n) is 8.40. The van der Waals surface area contributed by atoms with Crippen LogP contribution in [0.3, 0.4) is 0 Å². The lowest BCUT2D eigenvalue weighted by Crippen LogP contribution is -2.30. The number of aromatic nitrogens is 2. The van der Waals surface area contributed by atoms with Crippen LogP contribution >= 0.6 is 0 Å². The molecule has 24 heavy (non-hydrogen) atoms. The van der Waals surface area contributed by atoms with E-state index >= 15 is 0 Å². The summed E-state index contributed by atoms with van der Waals surface area (Å²) in [5, 5.41) is 4.35. The molecule has 2 heterocycles. The maximum Gasteiger partial charge on any atom is 0.251 e. The number of carbonyl (C=O) groups is 1. The first kappa shape index (κ1) is 14.9. The summed E-state index contributed by atoms with van der Waals surface area (Å²) < 4.78 is 2.03. The third kappa shape index (κ3) is 2.80. The summed E-state index contributed by atoms with van der Waals surface area (Å²) >= 11 is 0. The molecule has 1 N–H and O–H groups in total. The van der Waals surface area contributed by atoms with Crippen molar-refractivity contribution in [3.05, 3.63) is 65.6 Å². The fraction of sp³-hybridized carbons (Fsp3) is 0.300. The summed E-state index contributed by atoms with van der Waals surface area (Å²) in [5.41, 5.74) is 3.90. The maximum absolute atomic E-state index is 12.8. The van der Waals surface area contributed by atoms with Crippen LogP contribution in [0.25, 0.3) is 10.9 Å². The van der Waals surface area contributed by atoms with Gasteiger partial charge in [0.05, 0.1) is 11.7 Å². The van der Waals surface area contributed by atoms with E-state index in [1.807, 2.05) is 48.3 Å². The number of nitrogens with one attached hydrogen (secondary N) is 1. The van der Waals surface area contributed by atoms with E-state index in [0.29, 0.717) is 11.5 Å². The van der Waals surface area contributed by atoms with Crippen molar-refractivity contribution >= 4 is 16.8 Å². The molecule has 1 aliphatic rings. The normalized spacial score (nSPS) is 15.4. The molecule has 1 saturated carbocycles. The molecular formula is C20H21N3O. The zero-order chi connectivity index (χ0) is 16.7. The molecule has 0 unspecified atom stereocenters. The number of pyridine rings is 1. The summed E-state index contributed by atoms with van der Waals surface area (Å²) in [7, 11) is 1.99. The van der Waals surface area contributed by atoms with Crippen LogP contribution in [-0.4, -0.2) is 15.5 Å². The Labute approximate surface area is 141 Å². The largest absolute Gasteiger partial charge is 0.351 e. The van der Waals surface area contributed by atoms with Crippen LogP contribution in [0.4, 0.5) is 0 Å². The molecule has 4 heteroatoms. The minimum Gasteiger partial charge on any atom is -0.351 e. The van der Waals surface area contributed by atoms with Gasteiger partial charge in [0.25, 0.3) is 5.91 Å². The molecule has 0 aliphatic heterocycles. The zero-order valence-corrected chi connectivity index (χ0v) is 14.0. The molecule has 3 aromatic rings. The van der Waals surface area contributed by atoms with E-state index in [4.69, 9.17) is 0 Å². The van der Waals surface area contributed by atoms with Gasteiger partial charge in [0.15, 0.2) is 0 Å². The lowest BCUT2D eigenvalue weighted by molar-refractivity contribution is 0.0931. The second kappa shape index (κ2) is 5.78. The predicted octanol–water partition coefficient (Wildman–Crippen LogP) is 3.76. The van der Waals surface area contributed by atoms with Crippen molar-refractivity contribution in [2.24, 2.45) is 13.0 Å². The van der Waals surface area contributed by atoms with Crippen LogP contribution in [0, 0.1) is 12.8 Å². The molecule has 4 rings (SSSR count). The fourth-order valence-electron chi connectivity index (χ4n) is 3.22. The van der Waals surface area contributed by atoms with Gasteiger partial charge >= 0.3 is 0 Å². The zero-order valence-electron chi connectivity index (χ0n) is 14.0. The van der Waals surface area contributed by atoms with Crippen LogP contribution < -0.4 is 5.32 Å². The van der Waals surface area contributed by atoms with Gasteiger partial charge in [0.2, 0.25) is 0 Å². The molecule has 1 aliphatic carbocycles. The average molecular weight is 319 g/mol. The Balaban J connectivity index is 1.61. The number of carbonyl (C=O) groups excluding carboxylic acids is 1. The second-order valence-corrected chi connectivity index (χ2v) is 6.75. The van der Waals surface area contributed by atoms with Gasteiger partial charge in [-0.1, -0.05) is 6.07 Å². The molecule has 0 bridgehead atoms. The molecule has 1 atom stereocenters. The Bertz CT molecular complexity index is 908. The van der Waals surface area contributed by atoms with Gasteiger partial charge in [0.1, 0.15) is 0 Å². The summed E-state index contributed by atoms with van der Waals surface area (Å²) in [5.74, 6) is 0.473. The molecule has 1 fully saturated rings. The van der Waals surface area contributed by atoms with Crippen LogP contribution in [0.15, 0.2) is 48.8 Å². The van der Waals surface area contributed by atoms with E-state index in [2.05, 4.69) is 29.4 Å². The van der Waals surface area contributed by atoms with Crippen molar-refractivity contribution in [2.75, 3.05) is 0 Å². The molecule has 0 radical (unpaired) electrons. The van der Waals surface area contributed by atoms with Gasteiger partial charge in [0, 0.05) is 30.5 Å². The summed E-state index contributed by atoms with van der Waals surface area (Å²) in [4.78, 5) is 17.3. The highest BCUT2D eigenvalue weighted by atomic mass is 16.1. The second-order valence-electron chi connectivity index (χ2n) is 6.75. The number of rotatable bonds is 4. The van der Waals surface area contributed by atoms with Gasteiger partial charge < -0.3 is 9.88 Å². The Morgan fingerprint density at radius 3 is 2.83 bits per heavy atom. The van der Waals surface area contributed by atoms with Crippen molar-refractivity contribution in [3.63, 3.8) is 0 Å². The van der Waals surface area contributed by atoms with E-state index < -0.39 is 0 Å². The third-order valence-corrected chi connectivity index (χ3v) is 4.79. The molecule has 122 valence electrons. The molecule has 2 aromatic heterocycles. The number of hydrogen-bond acceptors (Lipinski definition) is 2. The van der Waals surface area contributed by atoms with E-state index in [1.54, 1.807) is 0 Å². The van der Waals surface area contributed by atoms with Gasteiger partial charge in [-0.2, -0.15) is 0 Å². The topological polar surface area (TPSA) is 46.9 Å². The van der Waals surface area contributed by atoms with Crippen LogP contribution in [-0.2, 0) is 7.05 Å². The highest BCUT2D eigenvalue weighted by molar-refractivity contribution is 5.98. The first-order valence-corrected chi connectivity index (χ1v) is 8.40. The first-order chi connectivity index (χ1) is 11.6. The number of fused-ring (bicyclic) bond motifs is 1. The number of hydrogen-bond donors (Lipinski definition) is 1. The van der Waals surface area contributed by atoms with Crippen molar-refractivity contribution < 1.29 is 4.79 Å². The van der Waals surface area contributed by atoms with Crippen molar-refractivity contribution in [2.45, 2.75) is 25.8 Å². The molecule has 4 nitrogen and oxygen atoms in total. The average Bonchev–Trinajstić information content (AvgIpc) is 3.36. The Morgan fingerprint density at radius 1 is 1.25 bits per heavy atom. The number of nitrogens with zero attached hydrogens (tertiary/aromatic N) is 2. The van der Waals surface area contributed by atoms with E-state index in [9.17, 15) is 4.79 Å². The van der Waals surface area contributed by atoms with Gasteiger partial charge in [-0.25, -0.2) is 0 Å². The van der Waals surface area contributed by atoms with Crippen LogP contribution in [0.2, 0.25) is 0 Å². The third-order valence-electron chi connectivity index (χ3n) is 4.79. The number of aryl methyl sites for hydroxylation is 2. The minimum absolute atomic E-state index is 0.00140. The van der Waals surface area contributed by atoms with Crippen molar-refractivity contribution in [3.8, 4) is 0 Å². The monoisotopic (exact) mass is 319 g/mol. The maximum atomic E-state index is 12.8. The molecule has 1 aromatic carbocycles. The van der Waals surface area contributed by atoms with Crippen molar-refractivity contribution in [1.82, 2.24) is 14.9 Å². The van der Waals surface area contributed by atoms with Gasteiger partial charge in [-0.15, -0.1) is 0 Å². The molecule has 0 spiro atoms. The lowest BCUT2D eigenvalue weighted by Gasteiger charge is -2.18. The minimum atomic E-state index is -0.0293. The predicted molar refractivity (Wildman–Crippen MR) is 94.8 cm³/mol. The summed E-state index contributed by atoms with van der Waals surface area (Å²) in [6.07, 6.45) is 6.13. The molecular weight excluding hydrogens is 298 g/mol. The Kier molecular flexibility index (Phi) is 3.60. The smallest absolute Gasteiger partial charge is 0.251 e. The lowest BCUT2D eigenvalue weighted by atomic mass is 10.1. The number of amides is 1. The van der Waals surface area contributed by atoms with Crippen molar-refractivity contribution in [1.29, 1.82) is 0 Å². The highest BCUT2D eigenvalue weighted by Gasteiger charge is 2.34. The Hall–Kier alpha value is -2.62. The summed E-state index contributed by atoms with van der Waals surface area (Å²) in [6.45, 7) is 2.06. The standard InChI is InChI=1S/C20H21N3O/c1-13-7-9-21-17(11-13)19(15-4-5-15)22-20(24)16-6-3-14-8-10-23(2)18(14)12-16/h3,6-12,15,19H,4-5H2,1-2H3,(H,22,24)/t19-/m1/s1. The highest BCUT2D eigenvalue weighted by Crippen LogP contribution is 2.40. The van der Waals surface area contributed by atoms with Gasteiger partial charge in [-0.3, -0.25) is 9.78 Å². The quantitative estimate of drug-likeness (QED) is 0.796. The molecule has 0 saturated heterocycles. The van der Waals surface area contributed by atoms with Gasteiger partial charge in [-0.05, 0) is 67.0 Å². The van der Waals surface area contributed by atoms with E-state index in [0.717, 1.165) is 29.4 Å². The SMILES string of the molecule is Cc1ccnc([C@H](NC(=O)c2ccc3ccn(C)c3c2)C2CC2)c1. The number of benzene rings is 1. The molecule has 1 amide bonds. The Morgan fingerprint density at radius 2 is 2.08 bits per heavy atom. The van der Waals surface area contributed by atoms with E-state index in [1.165, 1.54) is 5.56 Å². The van der Waals surface area contributed by atoms with Crippen LogP contribution in [0.1, 0.15) is 40.5 Å². The van der Waals surface area contributed by atoms with E-state index in [-0.39, 0.29) is 11.9 Å². The van der Waals surface area contributed by atoms with Crippen LogP contribution in [0.5, 0.6) is 0 Å².